The molecule has 2 saturated carbocycles. The molecule has 0 bridgehead atoms. The summed E-state index contributed by atoms with van der Waals surface area (Å²) in [5.74, 6) is 1.28. The SMILES string of the molecule is NS(=O)(=O)c1ccc(N2N=C(C3CCCCCCC3)CC2C2CCCCCCC2)cc1. The molecule has 0 saturated heterocycles. The fraction of sp³-hybridized carbons (Fsp3) is 0.720. The zero-order chi connectivity index (χ0) is 21.7. The van der Waals surface area contributed by atoms with Crippen molar-refractivity contribution < 1.29 is 8.42 Å². The van der Waals surface area contributed by atoms with E-state index in [2.05, 4.69) is 5.01 Å². The minimum Gasteiger partial charge on any atom is -0.262 e. The Morgan fingerprint density at radius 2 is 1.29 bits per heavy atom. The van der Waals surface area contributed by atoms with E-state index in [1.807, 2.05) is 12.1 Å². The van der Waals surface area contributed by atoms with Crippen molar-refractivity contribution >= 4 is 21.4 Å². The molecule has 2 N–H and O–H groups in total. The smallest absolute Gasteiger partial charge is 0.238 e. The summed E-state index contributed by atoms with van der Waals surface area (Å²) in [6.07, 6.45) is 19.6. The van der Waals surface area contributed by atoms with Gasteiger partial charge >= 0.3 is 0 Å². The quantitative estimate of drug-likeness (QED) is 0.618. The molecule has 1 unspecified atom stereocenters. The van der Waals surface area contributed by atoms with Crippen LogP contribution in [0.25, 0.3) is 0 Å². The second kappa shape index (κ2) is 10.5. The Bertz CT molecular complexity index is 834. The van der Waals surface area contributed by atoms with Crippen LogP contribution in [0.3, 0.4) is 0 Å². The van der Waals surface area contributed by atoms with Crippen LogP contribution in [-0.2, 0) is 10.0 Å². The van der Waals surface area contributed by atoms with Crippen molar-refractivity contribution in [1.29, 1.82) is 0 Å². The Labute approximate surface area is 188 Å². The summed E-state index contributed by atoms with van der Waals surface area (Å²) in [6.45, 7) is 0. The number of hydrogen-bond donors (Lipinski definition) is 1. The molecule has 6 heteroatoms. The summed E-state index contributed by atoms with van der Waals surface area (Å²) in [4.78, 5) is 0.169. The molecule has 172 valence electrons. The fourth-order valence-electron chi connectivity index (χ4n) is 5.87. The first-order chi connectivity index (χ1) is 15.0. The predicted molar refractivity (Wildman–Crippen MR) is 128 cm³/mol. The number of sulfonamides is 1. The van der Waals surface area contributed by atoms with Gasteiger partial charge in [-0.25, -0.2) is 13.6 Å². The van der Waals surface area contributed by atoms with Crippen molar-refractivity contribution in [2.24, 2.45) is 22.1 Å². The number of hydrazone groups is 1. The number of nitrogens with two attached hydrogens (primary N) is 1. The lowest BCUT2D eigenvalue weighted by Crippen LogP contribution is -2.34. The van der Waals surface area contributed by atoms with Gasteiger partial charge in [-0.15, -0.1) is 0 Å². The van der Waals surface area contributed by atoms with Gasteiger partial charge in [-0.05, 0) is 61.8 Å². The third-order valence-corrected chi connectivity index (χ3v) is 8.60. The Kier molecular flexibility index (Phi) is 7.70. The van der Waals surface area contributed by atoms with Crippen molar-refractivity contribution in [2.75, 3.05) is 5.01 Å². The van der Waals surface area contributed by atoms with Gasteiger partial charge in [0.25, 0.3) is 0 Å². The molecule has 1 aromatic rings. The molecule has 5 nitrogen and oxygen atoms in total. The van der Waals surface area contributed by atoms with E-state index in [0.29, 0.717) is 17.9 Å². The maximum Gasteiger partial charge on any atom is 0.238 e. The molecule has 4 rings (SSSR count). The Hall–Kier alpha value is -1.40. The Morgan fingerprint density at radius 3 is 1.84 bits per heavy atom. The van der Waals surface area contributed by atoms with Crippen molar-refractivity contribution in [3.05, 3.63) is 24.3 Å². The number of anilines is 1. The summed E-state index contributed by atoms with van der Waals surface area (Å²) in [7, 11) is -3.68. The fourth-order valence-corrected chi connectivity index (χ4v) is 6.38. The standard InChI is InChI=1S/C25H39N3O2S/c26-31(29,30)23-17-15-22(16-18-23)28-25(21-13-9-5-2-6-10-14-21)19-24(27-28)20-11-7-3-1-4-8-12-20/h15-18,20-21,25H,1-14,19H2,(H2,26,29,30). The third kappa shape index (κ3) is 5.89. The van der Waals surface area contributed by atoms with Crippen molar-refractivity contribution in [3.63, 3.8) is 0 Å². The molecule has 2 fully saturated rings. The van der Waals surface area contributed by atoms with E-state index in [-0.39, 0.29) is 4.90 Å². The first-order valence-electron chi connectivity index (χ1n) is 12.5. The lowest BCUT2D eigenvalue weighted by molar-refractivity contribution is 0.322. The largest absolute Gasteiger partial charge is 0.262 e. The highest BCUT2D eigenvalue weighted by Gasteiger charge is 2.36. The molecular formula is C25H39N3O2S. The first kappa shape index (κ1) is 22.8. The van der Waals surface area contributed by atoms with E-state index in [4.69, 9.17) is 10.2 Å². The van der Waals surface area contributed by atoms with E-state index < -0.39 is 10.0 Å². The van der Waals surface area contributed by atoms with E-state index in [1.54, 1.807) is 12.1 Å². The van der Waals surface area contributed by atoms with Crippen LogP contribution in [0.4, 0.5) is 5.69 Å². The van der Waals surface area contributed by atoms with Crippen molar-refractivity contribution in [3.8, 4) is 0 Å². The summed E-state index contributed by atoms with van der Waals surface area (Å²) in [6, 6.07) is 7.44. The molecule has 1 aromatic carbocycles. The summed E-state index contributed by atoms with van der Waals surface area (Å²) in [5.41, 5.74) is 2.39. The number of rotatable bonds is 4. The lowest BCUT2D eigenvalue weighted by Gasteiger charge is -2.32. The van der Waals surface area contributed by atoms with Gasteiger partial charge < -0.3 is 0 Å². The van der Waals surface area contributed by atoms with Crippen LogP contribution < -0.4 is 10.1 Å². The van der Waals surface area contributed by atoms with Crippen LogP contribution in [0.2, 0.25) is 0 Å². The number of primary sulfonamides is 1. The summed E-state index contributed by atoms with van der Waals surface area (Å²) in [5, 5.41) is 12.8. The van der Waals surface area contributed by atoms with Gasteiger partial charge in [-0.2, -0.15) is 5.10 Å². The van der Waals surface area contributed by atoms with Crippen LogP contribution in [0, 0.1) is 11.8 Å². The molecule has 31 heavy (non-hydrogen) atoms. The zero-order valence-electron chi connectivity index (χ0n) is 18.8. The molecular weight excluding hydrogens is 406 g/mol. The summed E-state index contributed by atoms with van der Waals surface area (Å²) >= 11 is 0. The Morgan fingerprint density at radius 1 is 0.774 bits per heavy atom. The van der Waals surface area contributed by atoms with Gasteiger partial charge in [-0.1, -0.05) is 64.2 Å². The van der Waals surface area contributed by atoms with Gasteiger partial charge in [0.1, 0.15) is 0 Å². The van der Waals surface area contributed by atoms with Crippen LogP contribution in [0.15, 0.2) is 34.3 Å². The molecule has 1 heterocycles. The first-order valence-corrected chi connectivity index (χ1v) is 14.1. The van der Waals surface area contributed by atoms with Crippen LogP contribution in [-0.4, -0.2) is 20.2 Å². The minimum atomic E-state index is -3.68. The molecule has 2 aliphatic carbocycles. The van der Waals surface area contributed by atoms with Gasteiger partial charge in [0.15, 0.2) is 0 Å². The average molecular weight is 446 g/mol. The second-order valence-electron chi connectivity index (χ2n) is 9.89. The topological polar surface area (TPSA) is 75.8 Å². The molecule has 3 aliphatic rings. The number of benzene rings is 1. The highest BCUT2D eigenvalue weighted by atomic mass is 32.2. The van der Waals surface area contributed by atoms with Crippen molar-refractivity contribution in [2.45, 2.75) is 107 Å². The lowest BCUT2D eigenvalue weighted by atomic mass is 9.80. The van der Waals surface area contributed by atoms with E-state index in [9.17, 15) is 8.42 Å². The van der Waals surface area contributed by atoms with Gasteiger partial charge in [0, 0.05) is 12.1 Å². The summed E-state index contributed by atoms with van der Waals surface area (Å²) < 4.78 is 23.4. The molecule has 0 spiro atoms. The zero-order valence-corrected chi connectivity index (χ0v) is 19.7. The van der Waals surface area contributed by atoms with E-state index in [1.165, 1.54) is 95.6 Å². The van der Waals surface area contributed by atoms with Gasteiger partial charge in [0.2, 0.25) is 10.0 Å². The predicted octanol–water partition coefficient (Wildman–Crippen LogP) is 5.99. The third-order valence-electron chi connectivity index (χ3n) is 7.67. The van der Waals surface area contributed by atoms with Gasteiger partial charge in [-0.3, -0.25) is 5.01 Å². The Balaban J connectivity index is 1.59. The average Bonchev–Trinajstić information content (AvgIpc) is 3.12. The molecule has 0 aromatic heterocycles. The monoisotopic (exact) mass is 445 g/mol. The van der Waals surface area contributed by atoms with Crippen LogP contribution >= 0.6 is 0 Å². The molecule has 1 aliphatic heterocycles. The molecule has 0 amide bonds. The molecule has 0 radical (unpaired) electrons. The highest BCUT2D eigenvalue weighted by Crippen LogP contribution is 2.38. The van der Waals surface area contributed by atoms with E-state index >= 15 is 0 Å². The second-order valence-corrected chi connectivity index (χ2v) is 11.5. The van der Waals surface area contributed by atoms with Crippen LogP contribution in [0.1, 0.15) is 96.3 Å². The maximum atomic E-state index is 11.7. The van der Waals surface area contributed by atoms with E-state index in [0.717, 1.165) is 12.1 Å². The minimum absolute atomic E-state index is 0.169. The van der Waals surface area contributed by atoms with Crippen molar-refractivity contribution in [1.82, 2.24) is 0 Å². The van der Waals surface area contributed by atoms with Gasteiger partial charge in [0.05, 0.1) is 16.6 Å². The van der Waals surface area contributed by atoms with Crippen LogP contribution in [0.5, 0.6) is 0 Å². The highest BCUT2D eigenvalue weighted by molar-refractivity contribution is 7.89. The molecule has 1 atom stereocenters. The number of nitrogens with zero attached hydrogens (tertiary/aromatic N) is 2. The maximum absolute atomic E-state index is 11.7. The normalized spacial score (nSPS) is 25.4. The number of hydrogen-bond acceptors (Lipinski definition) is 4.